The van der Waals surface area contributed by atoms with Crippen molar-refractivity contribution in [3.8, 4) is 0 Å². The lowest BCUT2D eigenvalue weighted by Crippen LogP contribution is -2.35. The van der Waals surface area contributed by atoms with Gasteiger partial charge in [0, 0.05) is 22.4 Å². The fourth-order valence-electron chi connectivity index (χ4n) is 0.568. The third-order valence-electron chi connectivity index (χ3n) is 1.05. The molecule has 1 N–H and O–H groups in total. The molecule has 0 unspecified atom stereocenters. The molecule has 0 aliphatic heterocycles. The van der Waals surface area contributed by atoms with Crippen LogP contribution in [0.1, 0.15) is 5.56 Å². The molecule has 1 heterocycles. The number of aliphatic hydroxyl groups excluding tert-OH is 1. The van der Waals surface area contributed by atoms with Gasteiger partial charge in [0.2, 0.25) is 0 Å². The Hall–Kier alpha value is -1.23. The topological polar surface area (TPSA) is 73.0 Å². The van der Waals surface area contributed by atoms with Crippen molar-refractivity contribution >= 4 is 0 Å². The highest BCUT2D eigenvalue weighted by atomic mass is 16.5. The Bertz CT molecular complexity index is 199. The lowest BCUT2D eigenvalue weighted by Gasteiger charge is -1.92. The molecule has 0 saturated carbocycles. The Labute approximate surface area is 57.5 Å². The van der Waals surface area contributed by atoms with Crippen molar-refractivity contribution in [1.82, 2.24) is 10.2 Å². The van der Waals surface area contributed by atoms with Gasteiger partial charge in [-0.25, -0.2) is 0 Å². The van der Waals surface area contributed by atoms with Crippen LogP contribution in [0, 0.1) is 5.21 Å². The van der Waals surface area contributed by atoms with Crippen LogP contribution in [0.2, 0.25) is 0 Å². The number of nitrogens with zero attached hydrogens (tertiary/aromatic N) is 3. The number of aromatic nitrogens is 3. The minimum absolute atomic E-state index is 0.0478. The summed E-state index contributed by atoms with van der Waals surface area (Å²) in [5, 5.41) is 25.4. The molecule has 0 aromatic carbocycles. The van der Waals surface area contributed by atoms with E-state index in [1.54, 1.807) is 0 Å². The van der Waals surface area contributed by atoms with Gasteiger partial charge in [-0.3, -0.25) is 0 Å². The summed E-state index contributed by atoms with van der Waals surface area (Å²) in [4.78, 5) is 0.223. The van der Waals surface area contributed by atoms with Gasteiger partial charge in [0.1, 0.15) is 12.4 Å². The fraction of sp³-hybridized carbons (Fsp3) is 0.400. The number of aliphatic hydroxyl groups is 1. The van der Waals surface area contributed by atoms with Gasteiger partial charge in [-0.15, -0.1) is 0 Å². The molecule has 0 atom stereocenters. The molecule has 0 saturated heterocycles. The quantitative estimate of drug-likeness (QED) is 0.408. The summed E-state index contributed by atoms with van der Waals surface area (Å²) in [6.07, 6.45) is 3.26. The zero-order chi connectivity index (χ0) is 7.40. The minimum atomic E-state index is 0.0478. The maximum Gasteiger partial charge on any atom is 0.104 e. The lowest BCUT2D eigenvalue weighted by molar-refractivity contribution is -0.728. The van der Waals surface area contributed by atoms with Gasteiger partial charge in [0.05, 0.1) is 4.96 Å². The van der Waals surface area contributed by atoms with Gasteiger partial charge in [0.15, 0.2) is 0 Å². The molecule has 0 aliphatic rings. The largest absolute Gasteiger partial charge is 0.569 e. The van der Waals surface area contributed by atoms with E-state index in [0.29, 0.717) is 6.42 Å². The van der Waals surface area contributed by atoms with Crippen LogP contribution in [0.15, 0.2) is 12.4 Å². The molecular weight excluding hydrogens is 134 g/mol. The van der Waals surface area contributed by atoms with Crippen LogP contribution in [0.25, 0.3) is 0 Å². The monoisotopic (exact) mass is 141 g/mol. The smallest absolute Gasteiger partial charge is 0.104 e. The van der Waals surface area contributed by atoms with Crippen molar-refractivity contribution in [3.63, 3.8) is 0 Å². The second kappa shape index (κ2) is 3.07. The Morgan fingerprint density at radius 3 is 2.60 bits per heavy atom. The molecule has 1 aromatic rings. The van der Waals surface area contributed by atoms with E-state index in [1.165, 1.54) is 12.4 Å². The molecular formula is C5H7N3O2. The predicted molar refractivity (Wildman–Crippen MR) is 31.8 cm³/mol. The van der Waals surface area contributed by atoms with Crippen molar-refractivity contribution in [2.45, 2.75) is 6.42 Å². The van der Waals surface area contributed by atoms with Crippen LogP contribution in [-0.4, -0.2) is 21.9 Å². The first-order valence-electron chi connectivity index (χ1n) is 2.85. The minimum Gasteiger partial charge on any atom is -0.569 e. The van der Waals surface area contributed by atoms with Crippen LogP contribution in [0.4, 0.5) is 0 Å². The van der Waals surface area contributed by atoms with Gasteiger partial charge in [-0.05, 0) is 6.42 Å². The maximum atomic E-state index is 10.3. The Kier molecular flexibility index (Phi) is 2.11. The fourth-order valence-corrected chi connectivity index (χ4v) is 0.568. The van der Waals surface area contributed by atoms with E-state index in [4.69, 9.17) is 5.11 Å². The van der Waals surface area contributed by atoms with Gasteiger partial charge >= 0.3 is 0 Å². The number of hydrogen-bond acceptors (Lipinski definition) is 4. The molecule has 5 nitrogen and oxygen atoms in total. The highest BCUT2D eigenvalue weighted by Crippen LogP contribution is 1.89. The molecule has 5 heteroatoms. The van der Waals surface area contributed by atoms with Crippen LogP contribution in [0.3, 0.4) is 0 Å². The van der Waals surface area contributed by atoms with Crippen LogP contribution < -0.4 is 4.96 Å². The van der Waals surface area contributed by atoms with E-state index >= 15 is 0 Å². The van der Waals surface area contributed by atoms with E-state index in [9.17, 15) is 5.21 Å². The van der Waals surface area contributed by atoms with E-state index in [1.807, 2.05) is 0 Å². The van der Waals surface area contributed by atoms with Crippen molar-refractivity contribution < 1.29 is 10.1 Å². The molecule has 0 bridgehead atoms. The van der Waals surface area contributed by atoms with Crippen molar-refractivity contribution in [2.75, 3.05) is 6.61 Å². The van der Waals surface area contributed by atoms with E-state index in [-0.39, 0.29) is 11.6 Å². The van der Waals surface area contributed by atoms with Crippen molar-refractivity contribution in [2.24, 2.45) is 0 Å². The van der Waals surface area contributed by atoms with E-state index in [0.717, 1.165) is 5.56 Å². The first kappa shape index (κ1) is 6.88. The average molecular weight is 141 g/mol. The van der Waals surface area contributed by atoms with E-state index in [2.05, 4.69) is 10.2 Å². The Balaban J connectivity index is 2.69. The predicted octanol–water partition coefficient (Wildman–Crippen LogP) is -1.36. The molecule has 0 amide bonds. The second-order valence-electron chi connectivity index (χ2n) is 1.79. The molecule has 1 aromatic heterocycles. The van der Waals surface area contributed by atoms with Crippen molar-refractivity contribution in [3.05, 3.63) is 23.2 Å². The zero-order valence-electron chi connectivity index (χ0n) is 5.27. The maximum absolute atomic E-state index is 10.3. The normalized spacial score (nSPS) is 9.70. The molecule has 0 radical (unpaired) electrons. The molecule has 10 heavy (non-hydrogen) atoms. The lowest BCUT2D eigenvalue weighted by atomic mass is 10.3. The zero-order valence-corrected chi connectivity index (χ0v) is 5.27. The second-order valence-corrected chi connectivity index (χ2v) is 1.79. The van der Waals surface area contributed by atoms with Crippen LogP contribution >= 0.6 is 0 Å². The molecule has 1 rings (SSSR count). The van der Waals surface area contributed by atoms with E-state index < -0.39 is 0 Å². The first-order valence-corrected chi connectivity index (χ1v) is 2.85. The summed E-state index contributed by atoms with van der Waals surface area (Å²) in [5.41, 5.74) is 0.759. The Morgan fingerprint density at radius 2 is 2.10 bits per heavy atom. The standard InChI is InChI=1S/C5H7N3O2/c9-2-1-5-3-6-8(10)7-4-5/h3-4,9H,1-2H2. The van der Waals surface area contributed by atoms with Crippen molar-refractivity contribution in [1.29, 1.82) is 0 Å². The Morgan fingerprint density at radius 1 is 1.50 bits per heavy atom. The first-order chi connectivity index (χ1) is 4.83. The number of hydrogen-bond donors (Lipinski definition) is 1. The summed E-state index contributed by atoms with van der Waals surface area (Å²) in [7, 11) is 0. The highest BCUT2D eigenvalue weighted by molar-refractivity contribution is 4.99. The molecule has 54 valence electrons. The highest BCUT2D eigenvalue weighted by Gasteiger charge is 1.94. The molecule has 0 fully saturated rings. The van der Waals surface area contributed by atoms with Gasteiger partial charge in [-0.1, -0.05) is 0 Å². The third kappa shape index (κ3) is 1.63. The SMILES string of the molecule is [O-][n+]1ncc(CCO)cn1. The summed E-state index contributed by atoms with van der Waals surface area (Å²) in [6, 6.07) is 0. The summed E-state index contributed by atoms with van der Waals surface area (Å²) < 4.78 is 0. The molecule has 0 aliphatic carbocycles. The van der Waals surface area contributed by atoms with Gasteiger partial charge in [-0.2, -0.15) is 0 Å². The van der Waals surface area contributed by atoms with Crippen LogP contribution in [-0.2, 0) is 6.42 Å². The summed E-state index contributed by atoms with van der Waals surface area (Å²) in [5.74, 6) is 0. The van der Waals surface area contributed by atoms with Gasteiger partial charge in [0.25, 0.3) is 0 Å². The van der Waals surface area contributed by atoms with Gasteiger partial charge < -0.3 is 10.3 Å². The van der Waals surface area contributed by atoms with Crippen LogP contribution in [0.5, 0.6) is 0 Å². The summed E-state index contributed by atoms with van der Waals surface area (Å²) in [6.45, 7) is 0.0478. The molecule has 0 spiro atoms. The number of rotatable bonds is 2. The average Bonchev–Trinajstić information content (AvgIpc) is 1.95. The summed E-state index contributed by atoms with van der Waals surface area (Å²) >= 11 is 0. The third-order valence-corrected chi connectivity index (χ3v) is 1.05.